The van der Waals surface area contributed by atoms with Gasteiger partial charge >= 0.3 is 6.61 Å². The largest absolute Gasteiger partial charge is 0.435 e. The number of aryl methyl sites for hydroxylation is 1. The topological polar surface area (TPSA) is 51.5 Å². The van der Waals surface area contributed by atoms with E-state index >= 15 is 0 Å². The number of alkyl halides is 2. The number of aromatic nitrogens is 3. The maximum atomic E-state index is 12.3. The van der Waals surface area contributed by atoms with E-state index in [0.717, 1.165) is 29.1 Å². The molecule has 0 unspecified atom stereocenters. The van der Waals surface area contributed by atoms with E-state index in [1.165, 1.54) is 6.07 Å². The molecule has 3 rings (SSSR count). The molecular weight excluding hydrogens is 302 g/mol. The van der Waals surface area contributed by atoms with Crippen LogP contribution in [0.15, 0.2) is 42.6 Å². The lowest BCUT2D eigenvalue weighted by molar-refractivity contribution is -0.0498. The van der Waals surface area contributed by atoms with Gasteiger partial charge in [0.1, 0.15) is 11.6 Å². The highest BCUT2D eigenvalue weighted by Crippen LogP contribution is 2.18. The second-order valence-corrected chi connectivity index (χ2v) is 4.97. The van der Waals surface area contributed by atoms with Gasteiger partial charge in [0, 0.05) is 24.4 Å². The third-order valence-corrected chi connectivity index (χ3v) is 3.37. The smallest absolute Gasteiger partial charge is 0.387 e. The van der Waals surface area contributed by atoms with E-state index < -0.39 is 6.61 Å². The fourth-order valence-corrected chi connectivity index (χ4v) is 2.30. The third-order valence-electron chi connectivity index (χ3n) is 3.37. The molecule has 0 saturated carbocycles. The molecule has 0 spiro atoms. The maximum Gasteiger partial charge on any atom is 0.387 e. The summed E-state index contributed by atoms with van der Waals surface area (Å²) in [5.41, 5.74) is 2.55. The van der Waals surface area contributed by atoms with Gasteiger partial charge in [-0.25, -0.2) is 4.98 Å². The molecule has 120 valence electrons. The van der Waals surface area contributed by atoms with Crippen molar-refractivity contribution in [2.45, 2.75) is 26.5 Å². The van der Waals surface area contributed by atoms with E-state index in [2.05, 4.69) is 20.1 Å². The number of anilines is 1. The highest BCUT2D eigenvalue weighted by Gasteiger charge is 2.07. The Balaban J connectivity index is 1.79. The molecule has 7 heteroatoms. The number of hydrogen-bond acceptors (Lipinski definition) is 4. The van der Waals surface area contributed by atoms with Crippen molar-refractivity contribution in [2.75, 3.05) is 5.32 Å². The zero-order valence-corrected chi connectivity index (χ0v) is 12.5. The summed E-state index contributed by atoms with van der Waals surface area (Å²) in [4.78, 5) is 4.47. The Hall–Kier alpha value is -2.70. The molecule has 0 amide bonds. The van der Waals surface area contributed by atoms with Crippen LogP contribution in [0, 0.1) is 0 Å². The normalized spacial score (nSPS) is 11.1. The predicted molar refractivity (Wildman–Crippen MR) is 82.8 cm³/mol. The van der Waals surface area contributed by atoms with Crippen LogP contribution in [0.25, 0.3) is 5.65 Å². The van der Waals surface area contributed by atoms with Gasteiger partial charge in [-0.2, -0.15) is 18.4 Å². The molecule has 0 atom stereocenters. The average Bonchev–Trinajstić information content (AvgIpc) is 3.00. The Morgan fingerprint density at radius 2 is 2.13 bits per heavy atom. The van der Waals surface area contributed by atoms with Crippen molar-refractivity contribution in [3.8, 4) is 5.75 Å². The van der Waals surface area contributed by atoms with Crippen molar-refractivity contribution >= 4 is 11.5 Å². The van der Waals surface area contributed by atoms with E-state index in [0.29, 0.717) is 6.54 Å². The van der Waals surface area contributed by atoms with Crippen molar-refractivity contribution in [3.63, 3.8) is 0 Å². The van der Waals surface area contributed by atoms with Crippen LogP contribution in [-0.2, 0) is 13.0 Å². The molecule has 0 aliphatic carbocycles. The number of fused-ring (bicyclic) bond motifs is 1. The zero-order valence-electron chi connectivity index (χ0n) is 12.5. The molecule has 0 radical (unpaired) electrons. The lowest BCUT2D eigenvalue weighted by Crippen LogP contribution is -2.08. The lowest BCUT2D eigenvalue weighted by atomic mass is 10.2. The molecule has 0 saturated heterocycles. The van der Waals surface area contributed by atoms with E-state index in [4.69, 9.17) is 0 Å². The summed E-state index contributed by atoms with van der Waals surface area (Å²) < 4.78 is 30.7. The number of hydrogen-bond donors (Lipinski definition) is 1. The maximum absolute atomic E-state index is 12.3. The summed E-state index contributed by atoms with van der Waals surface area (Å²) >= 11 is 0. The SMILES string of the molecule is CCc1cc(NCc2cccc(OC(F)F)c2)n2nccc2n1. The van der Waals surface area contributed by atoms with Gasteiger partial charge in [0.25, 0.3) is 0 Å². The predicted octanol–water partition coefficient (Wildman–Crippen LogP) is 3.51. The van der Waals surface area contributed by atoms with E-state index in [9.17, 15) is 8.78 Å². The second-order valence-electron chi connectivity index (χ2n) is 4.97. The van der Waals surface area contributed by atoms with Gasteiger partial charge in [-0.15, -0.1) is 0 Å². The first-order valence-electron chi connectivity index (χ1n) is 7.27. The highest BCUT2D eigenvalue weighted by atomic mass is 19.3. The van der Waals surface area contributed by atoms with Crippen LogP contribution in [0.2, 0.25) is 0 Å². The molecule has 1 aromatic carbocycles. The molecule has 0 aliphatic rings. The van der Waals surface area contributed by atoms with Crippen molar-refractivity contribution < 1.29 is 13.5 Å². The Kier molecular flexibility index (Phi) is 4.36. The zero-order chi connectivity index (χ0) is 16.2. The van der Waals surface area contributed by atoms with E-state index in [-0.39, 0.29) is 5.75 Å². The molecule has 0 aliphatic heterocycles. The van der Waals surface area contributed by atoms with Gasteiger partial charge in [-0.1, -0.05) is 19.1 Å². The van der Waals surface area contributed by atoms with Gasteiger partial charge in [-0.3, -0.25) is 0 Å². The van der Waals surface area contributed by atoms with Gasteiger partial charge in [0.2, 0.25) is 0 Å². The van der Waals surface area contributed by atoms with Crippen LogP contribution >= 0.6 is 0 Å². The van der Waals surface area contributed by atoms with Crippen molar-refractivity contribution in [1.29, 1.82) is 0 Å². The Morgan fingerprint density at radius 3 is 2.91 bits per heavy atom. The number of benzene rings is 1. The number of nitrogens with zero attached hydrogens (tertiary/aromatic N) is 3. The van der Waals surface area contributed by atoms with Crippen molar-refractivity contribution in [2.24, 2.45) is 0 Å². The Morgan fingerprint density at radius 1 is 1.26 bits per heavy atom. The Bertz CT molecular complexity index is 804. The molecule has 5 nitrogen and oxygen atoms in total. The van der Waals surface area contributed by atoms with E-state index in [1.807, 2.05) is 25.1 Å². The minimum absolute atomic E-state index is 0.146. The quantitative estimate of drug-likeness (QED) is 0.756. The third kappa shape index (κ3) is 3.56. The van der Waals surface area contributed by atoms with Crippen molar-refractivity contribution in [3.05, 3.63) is 53.9 Å². The summed E-state index contributed by atoms with van der Waals surface area (Å²) in [5, 5.41) is 7.49. The fourth-order valence-electron chi connectivity index (χ4n) is 2.30. The van der Waals surface area contributed by atoms with Gasteiger partial charge in [0.15, 0.2) is 5.65 Å². The molecule has 3 aromatic rings. The first-order chi connectivity index (χ1) is 11.2. The first kappa shape index (κ1) is 15.2. The number of halogens is 2. The summed E-state index contributed by atoms with van der Waals surface area (Å²) in [6.07, 6.45) is 2.50. The Labute approximate surface area is 131 Å². The number of rotatable bonds is 6. The van der Waals surface area contributed by atoms with Crippen LogP contribution in [0.4, 0.5) is 14.6 Å². The van der Waals surface area contributed by atoms with Crippen molar-refractivity contribution in [1.82, 2.24) is 14.6 Å². The molecule has 2 aromatic heterocycles. The van der Waals surface area contributed by atoms with Gasteiger partial charge < -0.3 is 10.1 Å². The second kappa shape index (κ2) is 6.60. The standard InChI is InChI=1S/C16H16F2N4O/c1-2-12-9-15(22-14(21-12)6-7-20-22)19-10-11-4-3-5-13(8-11)23-16(17)18/h3-9,16,19H,2,10H2,1H3. The molecular formula is C16H16F2N4O. The number of nitrogens with one attached hydrogen (secondary N) is 1. The molecule has 23 heavy (non-hydrogen) atoms. The van der Waals surface area contributed by atoms with Crippen LogP contribution in [0.1, 0.15) is 18.2 Å². The summed E-state index contributed by atoms with van der Waals surface area (Å²) in [7, 11) is 0. The summed E-state index contributed by atoms with van der Waals surface area (Å²) in [6.45, 7) is -0.332. The number of ether oxygens (including phenoxy) is 1. The first-order valence-corrected chi connectivity index (χ1v) is 7.27. The van der Waals surface area contributed by atoms with E-state index in [1.54, 1.807) is 22.8 Å². The minimum atomic E-state index is -2.82. The average molecular weight is 318 g/mol. The monoisotopic (exact) mass is 318 g/mol. The lowest BCUT2D eigenvalue weighted by Gasteiger charge is -2.11. The molecule has 0 fully saturated rings. The van der Waals surface area contributed by atoms with Crippen LogP contribution in [-0.4, -0.2) is 21.2 Å². The molecule has 1 N–H and O–H groups in total. The molecule has 2 heterocycles. The fraction of sp³-hybridized carbons (Fsp3) is 0.250. The summed E-state index contributed by atoms with van der Waals surface area (Å²) in [5.74, 6) is 0.949. The van der Waals surface area contributed by atoms with Crippen LogP contribution < -0.4 is 10.1 Å². The minimum Gasteiger partial charge on any atom is -0.435 e. The summed E-state index contributed by atoms with van der Waals surface area (Å²) in [6, 6.07) is 10.4. The van der Waals surface area contributed by atoms with Crippen LogP contribution in [0.5, 0.6) is 5.75 Å². The molecule has 0 bridgehead atoms. The highest BCUT2D eigenvalue weighted by molar-refractivity contribution is 5.49. The van der Waals surface area contributed by atoms with Gasteiger partial charge in [0.05, 0.1) is 6.20 Å². The van der Waals surface area contributed by atoms with Gasteiger partial charge in [-0.05, 0) is 24.1 Å². The van der Waals surface area contributed by atoms with Crippen LogP contribution in [0.3, 0.4) is 0 Å².